The largest absolute Gasteiger partial charge is 0.480 e. The zero-order valence-corrected chi connectivity index (χ0v) is 10.7. The number of hydrogen-bond acceptors (Lipinski definition) is 3. The van der Waals surface area contributed by atoms with E-state index < -0.39 is 5.97 Å². The van der Waals surface area contributed by atoms with E-state index in [1.165, 1.54) is 4.90 Å². The van der Waals surface area contributed by atoms with E-state index in [9.17, 15) is 9.59 Å². The van der Waals surface area contributed by atoms with Gasteiger partial charge in [-0.1, -0.05) is 0 Å². The molecule has 0 saturated heterocycles. The Morgan fingerprint density at radius 1 is 1.29 bits per heavy atom. The third-order valence-electron chi connectivity index (χ3n) is 2.41. The van der Waals surface area contributed by atoms with Crippen molar-refractivity contribution in [3.05, 3.63) is 0 Å². The van der Waals surface area contributed by atoms with E-state index in [2.05, 4.69) is 0 Å². The summed E-state index contributed by atoms with van der Waals surface area (Å²) in [5.74, 6) is -1.02. The van der Waals surface area contributed by atoms with Crippen molar-refractivity contribution in [2.24, 2.45) is 0 Å². The molecule has 0 fully saturated rings. The van der Waals surface area contributed by atoms with Gasteiger partial charge in [-0.3, -0.25) is 4.79 Å². The van der Waals surface area contributed by atoms with Gasteiger partial charge in [0.25, 0.3) is 0 Å². The quantitative estimate of drug-likeness (QED) is 0.689. The van der Waals surface area contributed by atoms with Gasteiger partial charge in [0.15, 0.2) is 0 Å². The molecule has 0 aromatic carbocycles. The van der Waals surface area contributed by atoms with Crippen molar-refractivity contribution in [2.75, 3.05) is 26.2 Å². The standard InChI is InChI=1S/C11H22N2O4/c1-4-12(6-5-7-14)11(17)13(9(2)3)8-10(15)16/h9,14H,4-8H2,1-3H3,(H,15,16). The van der Waals surface area contributed by atoms with Crippen LogP contribution in [0.4, 0.5) is 4.79 Å². The van der Waals surface area contributed by atoms with E-state index >= 15 is 0 Å². The highest BCUT2D eigenvalue weighted by Crippen LogP contribution is 2.05. The smallest absolute Gasteiger partial charge is 0.323 e. The second-order valence-electron chi connectivity index (χ2n) is 4.05. The van der Waals surface area contributed by atoms with Crippen molar-refractivity contribution in [1.29, 1.82) is 0 Å². The SMILES string of the molecule is CCN(CCCO)C(=O)N(CC(=O)O)C(C)C. The molecular formula is C11H22N2O4. The van der Waals surface area contributed by atoms with Crippen LogP contribution >= 0.6 is 0 Å². The molecule has 2 N–H and O–H groups in total. The van der Waals surface area contributed by atoms with Gasteiger partial charge in [-0.25, -0.2) is 4.79 Å². The maximum absolute atomic E-state index is 12.1. The van der Waals surface area contributed by atoms with E-state index in [4.69, 9.17) is 10.2 Å². The van der Waals surface area contributed by atoms with Crippen LogP contribution in [0.3, 0.4) is 0 Å². The number of carbonyl (C=O) groups is 2. The average molecular weight is 246 g/mol. The first-order valence-electron chi connectivity index (χ1n) is 5.82. The maximum atomic E-state index is 12.1. The molecule has 0 aliphatic carbocycles. The molecule has 0 aromatic heterocycles. The number of carboxylic acids is 1. The Labute approximate surface area is 102 Å². The monoisotopic (exact) mass is 246 g/mol. The van der Waals surface area contributed by atoms with Gasteiger partial charge in [0, 0.05) is 25.7 Å². The number of nitrogens with zero attached hydrogens (tertiary/aromatic N) is 2. The number of aliphatic hydroxyl groups excluding tert-OH is 1. The van der Waals surface area contributed by atoms with Crippen LogP contribution < -0.4 is 0 Å². The lowest BCUT2D eigenvalue weighted by Crippen LogP contribution is -2.48. The van der Waals surface area contributed by atoms with E-state index in [-0.39, 0.29) is 25.2 Å². The minimum Gasteiger partial charge on any atom is -0.480 e. The van der Waals surface area contributed by atoms with Crippen LogP contribution in [-0.4, -0.2) is 64.3 Å². The molecule has 0 bridgehead atoms. The molecule has 0 spiro atoms. The number of rotatable bonds is 7. The van der Waals surface area contributed by atoms with Crippen LogP contribution in [0.5, 0.6) is 0 Å². The highest BCUT2D eigenvalue weighted by molar-refractivity contribution is 5.80. The van der Waals surface area contributed by atoms with Gasteiger partial charge in [0.1, 0.15) is 6.54 Å². The summed E-state index contributed by atoms with van der Waals surface area (Å²) in [4.78, 5) is 25.6. The molecule has 6 heteroatoms. The Morgan fingerprint density at radius 3 is 2.24 bits per heavy atom. The normalized spacial score (nSPS) is 10.4. The molecular weight excluding hydrogens is 224 g/mol. The van der Waals surface area contributed by atoms with Crippen LogP contribution in [0, 0.1) is 0 Å². The second-order valence-corrected chi connectivity index (χ2v) is 4.05. The molecule has 0 aromatic rings. The van der Waals surface area contributed by atoms with Crippen molar-refractivity contribution < 1.29 is 19.8 Å². The summed E-state index contributed by atoms with van der Waals surface area (Å²) in [5.41, 5.74) is 0. The predicted molar refractivity (Wildman–Crippen MR) is 63.8 cm³/mol. The van der Waals surface area contributed by atoms with E-state index in [0.717, 1.165) is 0 Å². The van der Waals surface area contributed by atoms with Gasteiger partial charge in [0.05, 0.1) is 0 Å². The molecule has 0 aliphatic rings. The van der Waals surface area contributed by atoms with Crippen LogP contribution in [0.15, 0.2) is 0 Å². The van der Waals surface area contributed by atoms with Crippen molar-refractivity contribution in [3.63, 3.8) is 0 Å². The summed E-state index contributed by atoms with van der Waals surface area (Å²) in [6.45, 7) is 6.04. The lowest BCUT2D eigenvalue weighted by Gasteiger charge is -2.31. The minimum atomic E-state index is -1.02. The summed E-state index contributed by atoms with van der Waals surface area (Å²) >= 11 is 0. The van der Waals surface area contributed by atoms with Crippen LogP contribution in [0.1, 0.15) is 27.2 Å². The van der Waals surface area contributed by atoms with E-state index in [1.54, 1.807) is 18.7 Å². The fourth-order valence-corrected chi connectivity index (χ4v) is 1.45. The zero-order valence-electron chi connectivity index (χ0n) is 10.7. The average Bonchev–Trinajstić information content (AvgIpc) is 2.26. The van der Waals surface area contributed by atoms with Gasteiger partial charge in [-0.2, -0.15) is 0 Å². The van der Waals surface area contributed by atoms with Crippen molar-refractivity contribution in [2.45, 2.75) is 33.2 Å². The molecule has 2 amide bonds. The molecule has 0 atom stereocenters. The van der Waals surface area contributed by atoms with E-state index in [0.29, 0.717) is 19.5 Å². The van der Waals surface area contributed by atoms with Gasteiger partial charge in [-0.05, 0) is 27.2 Å². The predicted octanol–water partition coefficient (Wildman–Crippen LogP) is 0.606. The number of hydrogen-bond donors (Lipinski definition) is 2. The molecule has 0 unspecified atom stereocenters. The first kappa shape index (κ1) is 15.7. The van der Waals surface area contributed by atoms with Crippen LogP contribution in [0.25, 0.3) is 0 Å². The highest BCUT2D eigenvalue weighted by Gasteiger charge is 2.23. The van der Waals surface area contributed by atoms with Gasteiger partial charge in [0.2, 0.25) is 0 Å². The third kappa shape index (κ3) is 5.53. The van der Waals surface area contributed by atoms with E-state index in [1.807, 2.05) is 6.92 Å². The molecule has 0 rings (SSSR count). The summed E-state index contributed by atoms with van der Waals surface area (Å²) in [5, 5.41) is 17.5. The number of carbonyl (C=O) groups excluding carboxylic acids is 1. The Kier molecular flexibility index (Phi) is 7.29. The molecule has 6 nitrogen and oxygen atoms in total. The first-order chi connectivity index (χ1) is 7.93. The minimum absolute atomic E-state index is 0.0182. The Bertz CT molecular complexity index is 256. The zero-order chi connectivity index (χ0) is 13.4. The van der Waals surface area contributed by atoms with Gasteiger partial charge in [-0.15, -0.1) is 0 Å². The Balaban J connectivity index is 4.60. The fraction of sp³-hybridized carbons (Fsp3) is 0.818. The Hall–Kier alpha value is -1.30. The molecule has 0 radical (unpaired) electrons. The van der Waals surface area contributed by atoms with Gasteiger partial charge < -0.3 is 20.0 Å². The molecule has 0 aliphatic heterocycles. The van der Waals surface area contributed by atoms with Gasteiger partial charge >= 0.3 is 12.0 Å². The molecule has 0 saturated carbocycles. The summed E-state index contributed by atoms with van der Waals surface area (Å²) in [6.07, 6.45) is 0.499. The molecule has 0 heterocycles. The van der Waals surface area contributed by atoms with Crippen molar-refractivity contribution in [1.82, 2.24) is 9.80 Å². The number of aliphatic hydroxyl groups is 1. The van der Waals surface area contributed by atoms with Crippen LogP contribution in [-0.2, 0) is 4.79 Å². The summed E-state index contributed by atoms with van der Waals surface area (Å²) in [6, 6.07) is -0.458. The summed E-state index contributed by atoms with van der Waals surface area (Å²) in [7, 11) is 0. The fourth-order valence-electron chi connectivity index (χ4n) is 1.45. The van der Waals surface area contributed by atoms with Crippen LogP contribution in [0.2, 0.25) is 0 Å². The van der Waals surface area contributed by atoms with Crippen molar-refractivity contribution in [3.8, 4) is 0 Å². The number of aliphatic carboxylic acids is 1. The Morgan fingerprint density at radius 2 is 1.88 bits per heavy atom. The maximum Gasteiger partial charge on any atom is 0.323 e. The number of urea groups is 1. The summed E-state index contributed by atoms with van der Waals surface area (Å²) < 4.78 is 0. The lowest BCUT2D eigenvalue weighted by atomic mass is 10.3. The number of carboxylic acid groups (broad SMARTS) is 1. The second kappa shape index (κ2) is 7.89. The number of amides is 2. The molecule has 17 heavy (non-hydrogen) atoms. The third-order valence-corrected chi connectivity index (χ3v) is 2.41. The first-order valence-corrected chi connectivity index (χ1v) is 5.82. The lowest BCUT2D eigenvalue weighted by molar-refractivity contribution is -0.138. The van der Waals surface area contributed by atoms with Crippen molar-refractivity contribution >= 4 is 12.0 Å². The topological polar surface area (TPSA) is 81.1 Å². The molecule has 100 valence electrons. The highest BCUT2D eigenvalue weighted by atomic mass is 16.4.